The van der Waals surface area contributed by atoms with E-state index in [2.05, 4.69) is 15.6 Å². The van der Waals surface area contributed by atoms with Crippen LogP contribution in [0.5, 0.6) is 0 Å². The fourth-order valence-electron chi connectivity index (χ4n) is 4.65. The highest BCUT2D eigenvalue weighted by Crippen LogP contribution is 2.20. The molecule has 4 rings (SSSR count). The molecule has 0 fully saturated rings. The molecular formula is C32H34F2N4O3S. The number of amides is 1. The highest BCUT2D eigenvalue weighted by Gasteiger charge is 2.22. The molecule has 0 saturated carbocycles. The molecule has 3 aromatic carbocycles. The van der Waals surface area contributed by atoms with Crippen LogP contribution in [0, 0.1) is 11.6 Å². The second-order valence-electron chi connectivity index (χ2n) is 10.0. The van der Waals surface area contributed by atoms with Gasteiger partial charge in [-0.1, -0.05) is 36.4 Å². The predicted molar refractivity (Wildman–Crippen MR) is 160 cm³/mol. The average molecular weight is 593 g/mol. The number of aryl methyl sites for hydroxylation is 2. The van der Waals surface area contributed by atoms with E-state index in [0.29, 0.717) is 43.7 Å². The molecule has 1 unspecified atom stereocenters. The summed E-state index contributed by atoms with van der Waals surface area (Å²) >= 11 is 1.52. The van der Waals surface area contributed by atoms with Crippen molar-refractivity contribution < 1.29 is 23.5 Å². The van der Waals surface area contributed by atoms with Gasteiger partial charge in [-0.3, -0.25) is 4.79 Å². The van der Waals surface area contributed by atoms with Crippen LogP contribution in [0.3, 0.4) is 0 Å². The molecule has 1 aromatic heterocycles. The molecule has 10 heteroatoms. The molecule has 0 aliphatic heterocycles. The number of hydrogen-bond acceptors (Lipinski definition) is 5. The number of thioether (sulfide) groups is 1. The maximum Gasteiger partial charge on any atom is 0.326 e. The predicted octanol–water partition coefficient (Wildman–Crippen LogP) is 5.41. The lowest BCUT2D eigenvalue weighted by molar-refractivity contribution is -0.139. The van der Waals surface area contributed by atoms with Crippen LogP contribution in [0.15, 0.2) is 85.5 Å². The number of rotatable bonds is 15. The zero-order chi connectivity index (χ0) is 29.9. The van der Waals surface area contributed by atoms with Gasteiger partial charge in [-0.25, -0.2) is 18.6 Å². The van der Waals surface area contributed by atoms with Crippen LogP contribution in [-0.4, -0.2) is 44.6 Å². The molecule has 7 nitrogen and oxygen atoms in total. The van der Waals surface area contributed by atoms with E-state index in [9.17, 15) is 23.5 Å². The van der Waals surface area contributed by atoms with Gasteiger partial charge in [-0.2, -0.15) is 11.8 Å². The summed E-state index contributed by atoms with van der Waals surface area (Å²) < 4.78 is 28.9. The third-order valence-electron chi connectivity index (χ3n) is 7.01. The Labute approximate surface area is 248 Å². The van der Waals surface area contributed by atoms with E-state index < -0.39 is 17.9 Å². The zero-order valence-electron chi connectivity index (χ0n) is 23.3. The standard InChI is InChI=1S/C32H34F2N4O3S/c1-42-17-14-29(32(40)41)37-31(39)28-18-23(3-7-24(28)6-2-22-4-10-26(33)11-5-22)19-36-30(20-38-16-15-35-21-38)25-8-12-27(34)13-9-25/h3-5,7-13,15-16,18,21,29-30,36H,2,6,14,17,19-20H2,1H3,(H,37,39)(H,40,41)/t29-,30?/m0/s1. The molecule has 0 bridgehead atoms. The number of imidazole rings is 1. The van der Waals surface area contributed by atoms with Crippen LogP contribution in [0.2, 0.25) is 0 Å². The first-order valence-electron chi connectivity index (χ1n) is 13.7. The van der Waals surface area contributed by atoms with E-state index >= 15 is 0 Å². The van der Waals surface area contributed by atoms with E-state index in [4.69, 9.17) is 0 Å². The second-order valence-corrected chi connectivity index (χ2v) is 11.0. The summed E-state index contributed by atoms with van der Waals surface area (Å²) in [6, 6.07) is 17.0. The summed E-state index contributed by atoms with van der Waals surface area (Å²) in [5.41, 5.74) is 3.83. The third-order valence-corrected chi connectivity index (χ3v) is 7.65. The van der Waals surface area contributed by atoms with Crippen molar-refractivity contribution in [1.82, 2.24) is 20.2 Å². The smallest absolute Gasteiger partial charge is 0.326 e. The lowest BCUT2D eigenvalue weighted by atomic mass is 9.96. The fourth-order valence-corrected chi connectivity index (χ4v) is 5.12. The molecule has 4 aromatic rings. The largest absolute Gasteiger partial charge is 0.480 e. The summed E-state index contributed by atoms with van der Waals surface area (Å²) in [5, 5.41) is 15.9. The van der Waals surface area contributed by atoms with Gasteiger partial charge in [0, 0.05) is 31.0 Å². The number of aromatic nitrogens is 2. The quantitative estimate of drug-likeness (QED) is 0.171. The number of benzene rings is 3. The van der Waals surface area contributed by atoms with Gasteiger partial charge in [0.05, 0.1) is 12.4 Å². The van der Waals surface area contributed by atoms with Crippen LogP contribution in [0.25, 0.3) is 0 Å². The highest BCUT2D eigenvalue weighted by molar-refractivity contribution is 7.98. The molecule has 1 amide bonds. The normalized spacial score (nSPS) is 12.5. The molecule has 2 atom stereocenters. The van der Waals surface area contributed by atoms with Crippen LogP contribution >= 0.6 is 11.8 Å². The van der Waals surface area contributed by atoms with Gasteiger partial charge in [0.25, 0.3) is 5.91 Å². The molecule has 0 spiro atoms. The number of carbonyl (C=O) groups is 2. The Morgan fingerprint density at radius 2 is 1.67 bits per heavy atom. The summed E-state index contributed by atoms with van der Waals surface area (Å²) in [4.78, 5) is 29.4. The van der Waals surface area contributed by atoms with Gasteiger partial charge in [-0.05, 0) is 83.9 Å². The number of carboxylic acids is 1. The topological polar surface area (TPSA) is 96.3 Å². The molecular weight excluding hydrogens is 558 g/mol. The minimum absolute atomic E-state index is 0.168. The van der Waals surface area contributed by atoms with E-state index in [1.165, 1.54) is 36.0 Å². The lowest BCUT2D eigenvalue weighted by Crippen LogP contribution is -2.41. The molecule has 0 aliphatic carbocycles. The van der Waals surface area contributed by atoms with E-state index in [-0.39, 0.29) is 17.7 Å². The molecule has 42 heavy (non-hydrogen) atoms. The van der Waals surface area contributed by atoms with Crippen LogP contribution in [0.4, 0.5) is 8.78 Å². The average Bonchev–Trinajstić information content (AvgIpc) is 3.51. The first kappa shape index (κ1) is 30.9. The van der Waals surface area contributed by atoms with Gasteiger partial charge < -0.3 is 20.3 Å². The van der Waals surface area contributed by atoms with Crippen molar-refractivity contribution in [2.24, 2.45) is 0 Å². The van der Waals surface area contributed by atoms with E-state index in [1.807, 2.05) is 29.2 Å². The molecule has 220 valence electrons. The van der Waals surface area contributed by atoms with Crippen molar-refractivity contribution in [2.75, 3.05) is 12.0 Å². The van der Waals surface area contributed by atoms with Crippen molar-refractivity contribution in [3.8, 4) is 0 Å². The summed E-state index contributed by atoms with van der Waals surface area (Å²) in [7, 11) is 0. The Morgan fingerprint density at radius 3 is 2.31 bits per heavy atom. The monoisotopic (exact) mass is 592 g/mol. The number of halogens is 2. The number of nitrogens with zero attached hydrogens (tertiary/aromatic N) is 2. The SMILES string of the molecule is CSCC[C@H](NC(=O)c1cc(CNC(Cn2ccnc2)c2ccc(F)cc2)ccc1CCc1ccc(F)cc1)C(=O)O. The van der Waals surface area contributed by atoms with Gasteiger partial charge in [0.15, 0.2) is 0 Å². The Hall–Kier alpha value is -4.02. The molecule has 0 radical (unpaired) electrons. The van der Waals surface area contributed by atoms with Gasteiger partial charge in [-0.15, -0.1) is 0 Å². The molecule has 3 N–H and O–H groups in total. The number of nitrogens with one attached hydrogen (secondary N) is 2. The number of aliphatic carboxylic acids is 1. The second kappa shape index (κ2) is 15.3. The van der Waals surface area contributed by atoms with Crippen LogP contribution in [0.1, 0.15) is 45.1 Å². The molecule has 1 heterocycles. The first-order valence-corrected chi connectivity index (χ1v) is 15.0. The number of carboxylic acid groups (broad SMARTS) is 1. The van der Waals surface area contributed by atoms with Crippen molar-refractivity contribution in [2.45, 2.75) is 44.4 Å². The maximum atomic E-state index is 13.6. The van der Waals surface area contributed by atoms with E-state index in [1.54, 1.807) is 42.9 Å². The Bertz CT molecular complexity index is 1450. The fraction of sp³-hybridized carbons (Fsp3) is 0.281. The molecule has 0 saturated heterocycles. The number of hydrogen-bond donors (Lipinski definition) is 3. The highest BCUT2D eigenvalue weighted by atomic mass is 32.2. The third kappa shape index (κ3) is 8.99. The summed E-state index contributed by atoms with van der Waals surface area (Å²) in [6.07, 6.45) is 8.56. The minimum atomic E-state index is -1.08. The zero-order valence-corrected chi connectivity index (χ0v) is 24.1. The van der Waals surface area contributed by atoms with E-state index in [0.717, 1.165) is 22.3 Å². The Balaban J connectivity index is 1.56. The summed E-state index contributed by atoms with van der Waals surface area (Å²) in [6.45, 7) is 0.967. The summed E-state index contributed by atoms with van der Waals surface area (Å²) in [5.74, 6) is -1.56. The maximum absolute atomic E-state index is 13.6. The Kier molecular flexibility index (Phi) is 11.2. The van der Waals surface area contributed by atoms with Crippen molar-refractivity contribution >= 4 is 23.6 Å². The lowest BCUT2D eigenvalue weighted by Gasteiger charge is -2.21. The van der Waals surface area contributed by atoms with Crippen LogP contribution < -0.4 is 10.6 Å². The Morgan fingerprint density at radius 1 is 0.976 bits per heavy atom. The van der Waals surface area contributed by atoms with Gasteiger partial charge >= 0.3 is 5.97 Å². The first-order chi connectivity index (χ1) is 20.3. The van der Waals surface area contributed by atoms with Gasteiger partial charge in [0.2, 0.25) is 0 Å². The minimum Gasteiger partial charge on any atom is -0.480 e. The number of carbonyl (C=O) groups excluding carboxylic acids is 1. The van der Waals surface area contributed by atoms with Crippen molar-refractivity contribution in [3.63, 3.8) is 0 Å². The van der Waals surface area contributed by atoms with Gasteiger partial charge in [0.1, 0.15) is 17.7 Å². The molecule has 0 aliphatic rings. The van der Waals surface area contributed by atoms with Crippen molar-refractivity contribution in [3.05, 3.63) is 125 Å². The van der Waals surface area contributed by atoms with Crippen LogP contribution in [-0.2, 0) is 30.7 Å². The van der Waals surface area contributed by atoms with Crippen molar-refractivity contribution in [1.29, 1.82) is 0 Å².